The van der Waals surface area contributed by atoms with Crippen LogP contribution in [-0.4, -0.2) is 40.9 Å². The molecule has 17 heavy (non-hydrogen) atoms. The van der Waals surface area contributed by atoms with Crippen LogP contribution < -0.4 is 4.90 Å². The van der Waals surface area contributed by atoms with E-state index in [9.17, 15) is 9.50 Å². The predicted molar refractivity (Wildman–Crippen MR) is 64.0 cm³/mol. The lowest BCUT2D eigenvalue weighted by Crippen LogP contribution is -2.44. The summed E-state index contributed by atoms with van der Waals surface area (Å²) in [6.07, 6.45) is 3.66. The number of anilines is 1. The Balaban J connectivity index is 2.10. The Hall–Kier alpha value is -0.940. The summed E-state index contributed by atoms with van der Waals surface area (Å²) < 4.78 is 12.4. The van der Waals surface area contributed by atoms with E-state index in [0.29, 0.717) is 36.9 Å². The molecule has 2 heterocycles. The van der Waals surface area contributed by atoms with E-state index in [0.717, 1.165) is 0 Å². The molecule has 6 heteroatoms. The third-order valence-electron chi connectivity index (χ3n) is 3.11. The van der Waals surface area contributed by atoms with Crippen LogP contribution in [0.25, 0.3) is 0 Å². The molecule has 4 nitrogen and oxygen atoms in total. The zero-order valence-electron chi connectivity index (χ0n) is 9.39. The van der Waals surface area contributed by atoms with E-state index in [2.05, 4.69) is 9.97 Å². The second-order valence-corrected chi connectivity index (χ2v) is 4.57. The molecule has 1 saturated heterocycles. The topological polar surface area (TPSA) is 49.2 Å². The first kappa shape index (κ1) is 12.5. The van der Waals surface area contributed by atoms with Crippen LogP contribution in [-0.2, 0) is 0 Å². The number of hydrogen-bond acceptors (Lipinski definition) is 4. The van der Waals surface area contributed by atoms with Gasteiger partial charge in [-0.15, -0.1) is 0 Å². The zero-order chi connectivity index (χ0) is 12.3. The van der Waals surface area contributed by atoms with E-state index >= 15 is 0 Å². The maximum atomic E-state index is 12.4. The lowest BCUT2D eigenvalue weighted by Gasteiger charge is -2.36. The van der Waals surface area contributed by atoms with E-state index in [-0.39, 0.29) is 5.92 Å². The smallest absolute Gasteiger partial charge is 0.171 e. The van der Waals surface area contributed by atoms with Crippen molar-refractivity contribution in [3.8, 4) is 0 Å². The van der Waals surface area contributed by atoms with Crippen molar-refractivity contribution in [2.75, 3.05) is 24.7 Å². The molecule has 0 aromatic carbocycles. The van der Waals surface area contributed by atoms with Gasteiger partial charge in [-0.3, -0.25) is 4.39 Å². The summed E-state index contributed by atoms with van der Waals surface area (Å²) in [5.41, 5.74) is 0. The fraction of sp³-hybridized carbons (Fsp3) is 0.636. The highest BCUT2D eigenvalue weighted by atomic mass is 35.5. The lowest BCUT2D eigenvalue weighted by atomic mass is 9.92. The van der Waals surface area contributed by atoms with Crippen LogP contribution >= 0.6 is 11.6 Å². The lowest BCUT2D eigenvalue weighted by molar-refractivity contribution is 0.0792. The van der Waals surface area contributed by atoms with Gasteiger partial charge >= 0.3 is 0 Å². The van der Waals surface area contributed by atoms with Gasteiger partial charge in [-0.2, -0.15) is 0 Å². The second kappa shape index (κ2) is 5.60. The van der Waals surface area contributed by atoms with E-state index in [1.807, 2.05) is 4.90 Å². The molecule has 1 aliphatic rings. The summed E-state index contributed by atoms with van der Waals surface area (Å²) in [6.45, 7) is 0.829. The number of nitrogens with zero attached hydrogens (tertiary/aromatic N) is 3. The Morgan fingerprint density at radius 2 is 2.24 bits per heavy atom. The monoisotopic (exact) mass is 259 g/mol. The van der Waals surface area contributed by atoms with Crippen molar-refractivity contribution in [1.82, 2.24) is 9.97 Å². The van der Waals surface area contributed by atoms with Gasteiger partial charge in [-0.05, 0) is 12.8 Å². The van der Waals surface area contributed by atoms with E-state index in [4.69, 9.17) is 11.6 Å². The van der Waals surface area contributed by atoms with Crippen LogP contribution in [0, 0.1) is 5.92 Å². The third-order valence-corrected chi connectivity index (χ3v) is 3.38. The molecule has 1 aliphatic heterocycles. The number of piperidine rings is 1. The molecule has 0 radical (unpaired) electrons. The minimum Gasteiger partial charge on any atom is -0.393 e. The molecule has 1 N–H and O–H groups in total. The molecule has 0 unspecified atom stereocenters. The average Bonchev–Trinajstić information content (AvgIpc) is 2.33. The minimum absolute atomic E-state index is 0.0631. The van der Waals surface area contributed by atoms with Gasteiger partial charge in [0.2, 0.25) is 0 Å². The molecular formula is C11H15ClFN3O. The molecule has 1 aromatic heterocycles. The first-order valence-electron chi connectivity index (χ1n) is 5.68. The summed E-state index contributed by atoms with van der Waals surface area (Å²) >= 11 is 5.97. The number of hydrogen-bond donors (Lipinski definition) is 1. The van der Waals surface area contributed by atoms with Gasteiger partial charge in [-0.1, -0.05) is 11.6 Å². The van der Waals surface area contributed by atoms with Crippen LogP contribution in [0.1, 0.15) is 12.8 Å². The zero-order valence-corrected chi connectivity index (χ0v) is 10.1. The van der Waals surface area contributed by atoms with E-state index in [1.165, 1.54) is 6.20 Å². The number of halogens is 2. The molecule has 0 saturated carbocycles. The maximum Gasteiger partial charge on any atom is 0.171 e. The Labute approximate surface area is 104 Å². The van der Waals surface area contributed by atoms with Gasteiger partial charge in [0.25, 0.3) is 0 Å². The van der Waals surface area contributed by atoms with Gasteiger partial charge < -0.3 is 10.0 Å². The van der Waals surface area contributed by atoms with Crippen molar-refractivity contribution in [1.29, 1.82) is 0 Å². The number of alkyl halides is 1. The normalized spacial score (nSPS) is 25.0. The van der Waals surface area contributed by atoms with Gasteiger partial charge in [0.1, 0.15) is 0 Å². The molecule has 0 aliphatic carbocycles. The summed E-state index contributed by atoms with van der Waals surface area (Å²) in [4.78, 5) is 10.1. The molecule has 1 fully saturated rings. The summed E-state index contributed by atoms with van der Waals surface area (Å²) in [5, 5.41) is 10.1. The van der Waals surface area contributed by atoms with Crippen molar-refractivity contribution in [2.45, 2.75) is 18.9 Å². The Morgan fingerprint density at radius 1 is 1.47 bits per heavy atom. The first-order valence-corrected chi connectivity index (χ1v) is 6.05. The van der Waals surface area contributed by atoms with Crippen molar-refractivity contribution < 1.29 is 9.50 Å². The SMILES string of the molecule is O[C@H]1CCN(c2nccnc2Cl)C[C@@H]1CCF. The fourth-order valence-electron chi connectivity index (χ4n) is 2.16. The van der Waals surface area contributed by atoms with Gasteiger partial charge in [0, 0.05) is 31.4 Å². The standard InChI is InChI=1S/C11H15ClFN3O/c12-10-11(15-5-4-14-10)16-6-2-9(17)8(7-16)1-3-13/h4-5,8-9,17H,1-3,6-7H2/t8-,9-/m0/s1. The third kappa shape index (κ3) is 2.84. The Kier molecular flexibility index (Phi) is 4.12. The highest BCUT2D eigenvalue weighted by Crippen LogP contribution is 2.27. The predicted octanol–water partition coefficient (Wildman–Crippen LogP) is 1.68. The highest BCUT2D eigenvalue weighted by molar-refractivity contribution is 6.31. The van der Waals surface area contributed by atoms with Gasteiger partial charge in [-0.25, -0.2) is 9.97 Å². The van der Waals surface area contributed by atoms with E-state index < -0.39 is 12.8 Å². The maximum absolute atomic E-state index is 12.4. The molecule has 1 aromatic rings. The van der Waals surface area contributed by atoms with Crippen LogP contribution in [0.5, 0.6) is 0 Å². The number of aliphatic hydroxyl groups excluding tert-OH is 1. The number of rotatable bonds is 3. The fourth-order valence-corrected chi connectivity index (χ4v) is 2.39. The quantitative estimate of drug-likeness (QED) is 0.897. The van der Waals surface area contributed by atoms with E-state index in [1.54, 1.807) is 6.20 Å². The van der Waals surface area contributed by atoms with Crippen molar-refractivity contribution in [3.63, 3.8) is 0 Å². The van der Waals surface area contributed by atoms with Gasteiger partial charge in [0.15, 0.2) is 11.0 Å². The minimum atomic E-state index is -0.433. The Morgan fingerprint density at radius 3 is 2.94 bits per heavy atom. The second-order valence-electron chi connectivity index (χ2n) is 4.21. The van der Waals surface area contributed by atoms with Crippen LogP contribution in [0.15, 0.2) is 12.4 Å². The van der Waals surface area contributed by atoms with Crippen molar-refractivity contribution in [2.24, 2.45) is 5.92 Å². The van der Waals surface area contributed by atoms with Crippen LogP contribution in [0.4, 0.5) is 10.2 Å². The largest absolute Gasteiger partial charge is 0.393 e. The molecule has 0 amide bonds. The number of aromatic nitrogens is 2. The van der Waals surface area contributed by atoms with Crippen LogP contribution in [0.3, 0.4) is 0 Å². The van der Waals surface area contributed by atoms with Crippen LogP contribution in [0.2, 0.25) is 5.15 Å². The van der Waals surface area contributed by atoms with Crippen molar-refractivity contribution >= 4 is 17.4 Å². The highest BCUT2D eigenvalue weighted by Gasteiger charge is 2.29. The number of aliphatic hydroxyl groups is 1. The molecular weight excluding hydrogens is 245 g/mol. The summed E-state index contributed by atoms with van der Waals surface area (Å²) in [5.74, 6) is 0.553. The first-order chi connectivity index (χ1) is 8.22. The molecule has 2 rings (SSSR count). The average molecular weight is 260 g/mol. The molecule has 94 valence electrons. The summed E-state index contributed by atoms with van der Waals surface area (Å²) in [7, 11) is 0. The molecule has 2 atom stereocenters. The van der Waals surface area contributed by atoms with Crippen molar-refractivity contribution in [3.05, 3.63) is 17.5 Å². The summed E-state index contributed by atoms with van der Waals surface area (Å²) in [6, 6.07) is 0. The molecule has 0 bridgehead atoms. The Bertz CT molecular complexity index is 379. The molecule has 0 spiro atoms. The van der Waals surface area contributed by atoms with Gasteiger partial charge in [0.05, 0.1) is 12.8 Å².